The van der Waals surface area contributed by atoms with Gasteiger partial charge in [-0.05, 0) is 19.3 Å². The second kappa shape index (κ2) is 9.04. The number of amides is 1. The molecule has 0 fully saturated rings. The van der Waals surface area contributed by atoms with E-state index in [0.717, 1.165) is 25.8 Å². The Labute approximate surface area is 106 Å². The quantitative estimate of drug-likeness (QED) is 0.651. The first-order chi connectivity index (χ1) is 8.14. The number of hydrogen-bond acceptors (Lipinski definition) is 2. The normalized spacial score (nSPS) is 12.2. The SMILES string of the molecule is CCCC(C#N)C(=O)N(CC)CC(CC)CC. The summed E-state index contributed by atoms with van der Waals surface area (Å²) in [5.74, 6) is 0.123. The Kier molecular flexibility index (Phi) is 8.49. The van der Waals surface area contributed by atoms with E-state index in [1.54, 1.807) is 0 Å². The fraction of sp³-hybridized carbons (Fsp3) is 0.857. The highest BCUT2D eigenvalue weighted by Gasteiger charge is 2.23. The predicted octanol–water partition coefficient (Wildman–Crippen LogP) is 3.21. The molecular formula is C14H26N2O. The van der Waals surface area contributed by atoms with Crippen LogP contribution in [-0.4, -0.2) is 23.9 Å². The van der Waals surface area contributed by atoms with Gasteiger partial charge in [0.05, 0.1) is 6.07 Å². The van der Waals surface area contributed by atoms with Crippen LogP contribution in [0, 0.1) is 23.2 Å². The van der Waals surface area contributed by atoms with Crippen LogP contribution in [-0.2, 0) is 4.79 Å². The van der Waals surface area contributed by atoms with Gasteiger partial charge in [-0.3, -0.25) is 4.79 Å². The summed E-state index contributed by atoms with van der Waals surface area (Å²) in [5, 5.41) is 9.02. The van der Waals surface area contributed by atoms with Crippen LogP contribution >= 0.6 is 0 Å². The first-order valence-corrected chi connectivity index (χ1v) is 6.82. The Morgan fingerprint density at radius 3 is 2.18 bits per heavy atom. The number of nitrogens with zero attached hydrogens (tertiary/aromatic N) is 2. The fourth-order valence-electron chi connectivity index (χ4n) is 1.99. The highest BCUT2D eigenvalue weighted by molar-refractivity contribution is 5.81. The second-order valence-corrected chi connectivity index (χ2v) is 4.53. The first-order valence-electron chi connectivity index (χ1n) is 6.82. The van der Waals surface area contributed by atoms with Gasteiger partial charge in [0.2, 0.25) is 5.91 Å². The first kappa shape index (κ1) is 16.0. The van der Waals surface area contributed by atoms with Crippen molar-refractivity contribution in [2.45, 2.75) is 53.4 Å². The summed E-state index contributed by atoms with van der Waals surface area (Å²) < 4.78 is 0. The molecular weight excluding hydrogens is 212 g/mol. The number of carbonyl (C=O) groups excluding carboxylic acids is 1. The summed E-state index contributed by atoms with van der Waals surface area (Å²) in [4.78, 5) is 14.0. The molecule has 0 aromatic carbocycles. The summed E-state index contributed by atoms with van der Waals surface area (Å²) in [6.45, 7) is 9.80. The number of rotatable bonds is 8. The minimum absolute atomic E-state index is 0.0174. The Hall–Kier alpha value is -1.04. The van der Waals surface area contributed by atoms with Gasteiger partial charge >= 0.3 is 0 Å². The van der Waals surface area contributed by atoms with Gasteiger partial charge < -0.3 is 4.90 Å². The van der Waals surface area contributed by atoms with Crippen molar-refractivity contribution < 1.29 is 4.79 Å². The van der Waals surface area contributed by atoms with Gasteiger partial charge in [0.1, 0.15) is 5.92 Å². The van der Waals surface area contributed by atoms with Crippen molar-refractivity contribution in [1.82, 2.24) is 4.90 Å². The Morgan fingerprint density at radius 2 is 1.82 bits per heavy atom. The molecule has 17 heavy (non-hydrogen) atoms. The van der Waals surface area contributed by atoms with E-state index in [4.69, 9.17) is 5.26 Å². The monoisotopic (exact) mass is 238 g/mol. The average molecular weight is 238 g/mol. The van der Waals surface area contributed by atoms with Crippen molar-refractivity contribution in [3.63, 3.8) is 0 Å². The van der Waals surface area contributed by atoms with Gasteiger partial charge in [-0.1, -0.05) is 40.0 Å². The Balaban J connectivity index is 4.53. The van der Waals surface area contributed by atoms with Crippen LogP contribution in [0.4, 0.5) is 0 Å². The van der Waals surface area contributed by atoms with E-state index in [9.17, 15) is 4.79 Å². The lowest BCUT2D eigenvalue weighted by molar-refractivity contribution is -0.134. The predicted molar refractivity (Wildman–Crippen MR) is 70.3 cm³/mol. The van der Waals surface area contributed by atoms with Crippen LogP contribution in [0.5, 0.6) is 0 Å². The average Bonchev–Trinajstić information content (AvgIpc) is 2.37. The van der Waals surface area contributed by atoms with E-state index in [0.29, 0.717) is 18.9 Å². The van der Waals surface area contributed by atoms with E-state index in [2.05, 4.69) is 19.9 Å². The summed E-state index contributed by atoms with van der Waals surface area (Å²) in [7, 11) is 0. The van der Waals surface area contributed by atoms with Crippen molar-refractivity contribution in [3.8, 4) is 6.07 Å². The summed E-state index contributed by atoms with van der Waals surface area (Å²) in [5.41, 5.74) is 0. The van der Waals surface area contributed by atoms with Crippen molar-refractivity contribution in [1.29, 1.82) is 5.26 Å². The van der Waals surface area contributed by atoms with E-state index >= 15 is 0 Å². The van der Waals surface area contributed by atoms with E-state index < -0.39 is 5.92 Å². The van der Waals surface area contributed by atoms with Gasteiger partial charge in [0.25, 0.3) is 0 Å². The lowest BCUT2D eigenvalue weighted by atomic mass is 10.00. The van der Waals surface area contributed by atoms with E-state index in [1.807, 2.05) is 18.7 Å². The molecule has 1 amide bonds. The number of carbonyl (C=O) groups is 1. The number of hydrogen-bond donors (Lipinski definition) is 0. The van der Waals surface area contributed by atoms with Crippen molar-refractivity contribution >= 4 is 5.91 Å². The molecule has 0 heterocycles. The van der Waals surface area contributed by atoms with Crippen LogP contribution in [0.15, 0.2) is 0 Å². The molecule has 0 aromatic heterocycles. The van der Waals surface area contributed by atoms with Crippen molar-refractivity contribution in [3.05, 3.63) is 0 Å². The van der Waals surface area contributed by atoms with Gasteiger partial charge in [-0.2, -0.15) is 5.26 Å². The van der Waals surface area contributed by atoms with E-state index in [-0.39, 0.29) is 5.91 Å². The molecule has 0 saturated heterocycles. The highest BCUT2D eigenvalue weighted by atomic mass is 16.2. The molecule has 0 aliphatic carbocycles. The minimum atomic E-state index is -0.450. The molecule has 0 aliphatic rings. The lowest BCUT2D eigenvalue weighted by Crippen LogP contribution is -2.38. The molecule has 0 spiro atoms. The zero-order valence-corrected chi connectivity index (χ0v) is 11.7. The third-order valence-corrected chi connectivity index (χ3v) is 3.36. The smallest absolute Gasteiger partial charge is 0.239 e. The largest absolute Gasteiger partial charge is 0.342 e. The molecule has 0 rings (SSSR count). The van der Waals surface area contributed by atoms with Gasteiger partial charge in [0.15, 0.2) is 0 Å². The van der Waals surface area contributed by atoms with Crippen LogP contribution in [0.2, 0.25) is 0 Å². The molecule has 0 radical (unpaired) electrons. The molecule has 0 aromatic rings. The lowest BCUT2D eigenvalue weighted by Gasteiger charge is -2.27. The molecule has 0 N–H and O–H groups in total. The van der Waals surface area contributed by atoms with E-state index in [1.165, 1.54) is 0 Å². The third-order valence-electron chi connectivity index (χ3n) is 3.36. The fourth-order valence-corrected chi connectivity index (χ4v) is 1.99. The zero-order valence-electron chi connectivity index (χ0n) is 11.7. The maximum Gasteiger partial charge on any atom is 0.239 e. The zero-order chi connectivity index (χ0) is 13.3. The molecule has 1 atom stereocenters. The van der Waals surface area contributed by atoms with Crippen LogP contribution in [0.1, 0.15) is 53.4 Å². The molecule has 0 saturated carbocycles. The number of nitriles is 1. The Bertz CT molecular complexity index is 253. The van der Waals surface area contributed by atoms with Crippen LogP contribution < -0.4 is 0 Å². The molecule has 98 valence electrons. The Morgan fingerprint density at radius 1 is 1.24 bits per heavy atom. The topological polar surface area (TPSA) is 44.1 Å². The highest BCUT2D eigenvalue weighted by Crippen LogP contribution is 2.14. The van der Waals surface area contributed by atoms with Crippen LogP contribution in [0.3, 0.4) is 0 Å². The molecule has 3 nitrogen and oxygen atoms in total. The van der Waals surface area contributed by atoms with Gasteiger partial charge in [-0.15, -0.1) is 0 Å². The molecule has 3 heteroatoms. The standard InChI is InChI=1S/C14H26N2O/c1-5-9-13(10-15)14(17)16(8-4)11-12(6-2)7-3/h12-13H,5-9,11H2,1-4H3. The van der Waals surface area contributed by atoms with Crippen molar-refractivity contribution in [2.75, 3.05) is 13.1 Å². The third kappa shape index (κ3) is 5.21. The molecule has 1 unspecified atom stereocenters. The minimum Gasteiger partial charge on any atom is -0.342 e. The van der Waals surface area contributed by atoms with Gasteiger partial charge in [-0.25, -0.2) is 0 Å². The second-order valence-electron chi connectivity index (χ2n) is 4.53. The maximum absolute atomic E-state index is 12.2. The molecule has 0 aliphatic heterocycles. The van der Waals surface area contributed by atoms with Gasteiger partial charge in [0, 0.05) is 13.1 Å². The summed E-state index contributed by atoms with van der Waals surface area (Å²) in [6, 6.07) is 2.14. The summed E-state index contributed by atoms with van der Waals surface area (Å²) >= 11 is 0. The summed E-state index contributed by atoms with van der Waals surface area (Å²) in [6.07, 6.45) is 3.73. The van der Waals surface area contributed by atoms with Crippen LogP contribution in [0.25, 0.3) is 0 Å². The maximum atomic E-state index is 12.2. The van der Waals surface area contributed by atoms with Crippen molar-refractivity contribution in [2.24, 2.45) is 11.8 Å². The molecule has 0 bridgehead atoms.